The van der Waals surface area contributed by atoms with Gasteiger partial charge in [0, 0.05) is 17.6 Å². The molecule has 0 fully saturated rings. The SMILES string of the molecule is OC(CN1CC(Cc2cccc(-c3cccc(OC(F)(F)F)c3)c2)(c2cccc(OC(F)(F)F)c2)c2ccccc21)C(F)(F)F. The van der Waals surface area contributed by atoms with Crippen LogP contribution >= 0.6 is 0 Å². The number of rotatable bonds is 8. The summed E-state index contributed by atoms with van der Waals surface area (Å²) in [6, 6.07) is 23.6. The van der Waals surface area contributed by atoms with Crippen LogP contribution in [0.5, 0.6) is 11.5 Å². The van der Waals surface area contributed by atoms with E-state index in [1.54, 1.807) is 60.7 Å². The van der Waals surface area contributed by atoms with E-state index in [1.807, 2.05) is 0 Å². The number of halogens is 9. The summed E-state index contributed by atoms with van der Waals surface area (Å²) in [6.07, 6.45) is -17.5. The Labute approximate surface area is 251 Å². The summed E-state index contributed by atoms with van der Waals surface area (Å²) in [5.41, 5.74) is 1.42. The number of alkyl halides is 9. The highest BCUT2D eigenvalue weighted by molar-refractivity contribution is 5.69. The fourth-order valence-electron chi connectivity index (χ4n) is 5.70. The van der Waals surface area contributed by atoms with Crippen LogP contribution in [0.15, 0.2) is 97.1 Å². The third-order valence-electron chi connectivity index (χ3n) is 7.45. The van der Waals surface area contributed by atoms with Gasteiger partial charge in [-0.3, -0.25) is 0 Å². The molecular weight excluding hydrogens is 617 g/mol. The van der Waals surface area contributed by atoms with Crippen molar-refractivity contribution in [3.63, 3.8) is 0 Å². The number of para-hydroxylation sites is 1. The molecule has 2 unspecified atom stereocenters. The molecule has 0 saturated carbocycles. The molecule has 0 bridgehead atoms. The maximum atomic E-state index is 13.4. The molecule has 0 amide bonds. The zero-order valence-corrected chi connectivity index (χ0v) is 23.0. The fourth-order valence-corrected chi connectivity index (χ4v) is 5.70. The molecule has 4 aromatic carbocycles. The highest BCUT2D eigenvalue weighted by atomic mass is 19.4. The van der Waals surface area contributed by atoms with Gasteiger partial charge in [-0.1, -0.05) is 66.7 Å². The van der Waals surface area contributed by atoms with E-state index in [4.69, 9.17) is 0 Å². The number of fused-ring (bicyclic) bond motifs is 1. The largest absolute Gasteiger partial charge is 0.573 e. The van der Waals surface area contributed by atoms with Gasteiger partial charge >= 0.3 is 18.9 Å². The molecule has 0 aromatic heterocycles. The number of benzene rings is 4. The van der Waals surface area contributed by atoms with Crippen molar-refractivity contribution >= 4 is 5.69 Å². The van der Waals surface area contributed by atoms with E-state index in [-0.39, 0.29) is 13.0 Å². The minimum Gasteiger partial charge on any atom is -0.406 e. The molecule has 45 heavy (non-hydrogen) atoms. The van der Waals surface area contributed by atoms with E-state index in [1.165, 1.54) is 29.2 Å². The lowest BCUT2D eigenvalue weighted by molar-refractivity contribution is -0.275. The molecule has 13 heteroatoms. The standard InChI is InChI=1S/C32H24F9NO3/c33-30(34,35)28(43)18-42-19-29(26-12-1-2-13-27(26)42,23-9-5-11-25(16-23)45-32(39,40)41)17-20-6-3-7-21(14-20)22-8-4-10-24(15-22)44-31(36,37)38/h1-16,28,43H,17-19H2. The van der Waals surface area contributed by atoms with Crippen molar-refractivity contribution in [2.24, 2.45) is 0 Å². The van der Waals surface area contributed by atoms with E-state index in [0.717, 1.165) is 12.1 Å². The Hall–Kier alpha value is -4.39. The lowest BCUT2D eigenvalue weighted by Crippen LogP contribution is -2.44. The maximum absolute atomic E-state index is 13.4. The van der Waals surface area contributed by atoms with Gasteiger partial charge in [0.1, 0.15) is 11.5 Å². The van der Waals surface area contributed by atoms with Crippen molar-refractivity contribution in [2.75, 3.05) is 18.0 Å². The molecule has 1 aliphatic rings. The highest BCUT2D eigenvalue weighted by Crippen LogP contribution is 2.48. The minimum absolute atomic E-state index is 0.0602. The lowest BCUT2D eigenvalue weighted by Gasteiger charge is -2.33. The summed E-state index contributed by atoms with van der Waals surface area (Å²) in [5, 5.41) is 9.94. The second kappa shape index (κ2) is 11.8. The molecule has 1 N–H and O–H groups in total. The summed E-state index contributed by atoms with van der Waals surface area (Å²) in [5.74, 6) is -0.965. The summed E-state index contributed by atoms with van der Waals surface area (Å²) < 4.78 is 126. The third-order valence-corrected chi connectivity index (χ3v) is 7.45. The molecule has 1 aliphatic heterocycles. The van der Waals surface area contributed by atoms with Gasteiger partial charge in [0.25, 0.3) is 0 Å². The summed E-state index contributed by atoms with van der Waals surface area (Å²) in [6.45, 7) is -0.971. The Balaban J connectivity index is 1.60. The van der Waals surface area contributed by atoms with Crippen molar-refractivity contribution in [3.05, 3.63) is 114 Å². The monoisotopic (exact) mass is 641 g/mol. The quantitative estimate of drug-likeness (QED) is 0.196. The van der Waals surface area contributed by atoms with Crippen molar-refractivity contribution < 1.29 is 54.1 Å². The van der Waals surface area contributed by atoms with Gasteiger partial charge in [-0.2, -0.15) is 13.2 Å². The Morgan fingerprint density at radius 1 is 0.689 bits per heavy atom. The first-order valence-corrected chi connectivity index (χ1v) is 13.4. The Kier molecular flexibility index (Phi) is 8.43. The number of hydrogen-bond donors (Lipinski definition) is 1. The van der Waals surface area contributed by atoms with E-state index in [2.05, 4.69) is 9.47 Å². The van der Waals surface area contributed by atoms with Crippen LogP contribution in [0, 0.1) is 0 Å². The van der Waals surface area contributed by atoms with Crippen LogP contribution in [0.3, 0.4) is 0 Å². The second-order valence-corrected chi connectivity index (χ2v) is 10.6. The first-order chi connectivity index (χ1) is 21.0. The van der Waals surface area contributed by atoms with Crippen molar-refractivity contribution in [1.29, 1.82) is 0 Å². The van der Waals surface area contributed by atoms with Crippen LogP contribution in [0.25, 0.3) is 11.1 Å². The molecule has 4 aromatic rings. The van der Waals surface area contributed by atoms with Gasteiger partial charge in [-0.05, 0) is 64.6 Å². The minimum atomic E-state index is -5.00. The van der Waals surface area contributed by atoms with Crippen LogP contribution in [-0.4, -0.2) is 43.2 Å². The normalized spacial score (nSPS) is 17.6. The summed E-state index contributed by atoms with van der Waals surface area (Å²) >= 11 is 0. The summed E-state index contributed by atoms with van der Waals surface area (Å²) in [7, 11) is 0. The zero-order valence-electron chi connectivity index (χ0n) is 23.0. The van der Waals surface area contributed by atoms with Gasteiger partial charge in [0.2, 0.25) is 0 Å². The maximum Gasteiger partial charge on any atom is 0.573 e. The number of hydrogen-bond acceptors (Lipinski definition) is 4. The third kappa shape index (κ3) is 7.47. The van der Waals surface area contributed by atoms with Crippen LogP contribution in [0.1, 0.15) is 16.7 Å². The number of nitrogens with zero attached hydrogens (tertiary/aromatic N) is 1. The first-order valence-electron chi connectivity index (χ1n) is 13.4. The van der Waals surface area contributed by atoms with Crippen molar-refractivity contribution in [2.45, 2.75) is 36.8 Å². The molecule has 0 radical (unpaired) electrons. The number of aliphatic hydroxyl groups excluding tert-OH is 1. The topological polar surface area (TPSA) is 41.9 Å². The Morgan fingerprint density at radius 2 is 1.27 bits per heavy atom. The molecule has 1 heterocycles. The molecule has 4 nitrogen and oxygen atoms in total. The van der Waals surface area contributed by atoms with Crippen molar-refractivity contribution in [3.8, 4) is 22.6 Å². The number of ether oxygens (including phenoxy) is 2. The average molecular weight is 642 g/mol. The number of β-amino-alcohol motifs (C(OH)–C–C–N with tert-alkyl or cyclic N) is 1. The molecule has 5 rings (SSSR count). The van der Waals surface area contributed by atoms with E-state index in [9.17, 15) is 44.6 Å². The smallest absolute Gasteiger partial charge is 0.406 e. The highest BCUT2D eigenvalue weighted by Gasteiger charge is 2.47. The summed E-state index contributed by atoms with van der Waals surface area (Å²) in [4.78, 5) is 1.34. The van der Waals surface area contributed by atoms with Crippen LogP contribution in [0.2, 0.25) is 0 Å². The van der Waals surface area contributed by atoms with Crippen LogP contribution in [0.4, 0.5) is 45.2 Å². The molecule has 0 saturated heterocycles. The zero-order chi connectivity index (χ0) is 32.6. The predicted octanol–water partition coefficient (Wildman–Crippen LogP) is 8.42. The van der Waals surface area contributed by atoms with Gasteiger partial charge in [0.05, 0.1) is 6.54 Å². The van der Waals surface area contributed by atoms with Gasteiger partial charge in [0.15, 0.2) is 6.10 Å². The molecular formula is C32H24F9NO3. The van der Waals surface area contributed by atoms with Crippen LogP contribution < -0.4 is 14.4 Å². The molecule has 238 valence electrons. The first kappa shape index (κ1) is 32.0. The van der Waals surface area contributed by atoms with Gasteiger partial charge in [-0.25, -0.2) is 0 Å². The molecule has 2 atom stereocenters. The van der Waals surface area contributed by atoms with Gasteiger partial charge < -0.3 is 19.5 Å². The molecule has 0 aliphatic carbocycles. The van der Waals surface area contributed by atoms with Crippen LogP contribution in [-0.2, 0) is 11.8 Å². The predicted molar refractivity (Wildman–Crippen MR) is 147 cm³/mol. The number of anilines is 1. The van der Waals surface area contributed by atoms with E-state index >= 15 is 0 Å². The van der Waals surface area contributed by atoms with E-state index < -0.39 is 48.5 Å². The fraction of sp³-hybridized carbons (Fsp3) is 0.250. The lowest BCUT2D eigenvalue weighted by atomic mass is 9.71. The average Bonchev–Trinajstić information content (AvgIpc) is 3.25. The van der Waals surface area contributed by atoms with Crippen molar-refractivity contribution in [1.82, 2.24) is 0 Å². The van der Waals surface area contributed by atoms with E-state index in [0.29, 0.717) is 33.5 Å². The Morgan fingerprint density at radius 3 is 1.91 bits per heavy atom. The Bertz CT molecular complexity index is 1650. The van der Waals surface area contributed by atoms with Gasteiger partial charge in [-0.15, -0.1) is 26.3 Å². The molecule has 0 spiro atoms. The number of aliphatic hydroxyl groups is 1. The second-order valence-electron chi connectivity index (χ2n) is 10.6.